The van der Waals surface area contributed by atoms with Crippen molar-refractivity contribution in [1.82, 2.24) is 10.2 Å². The molecule has 0 saturated heterocycles. The van der Waals surface area contributed by atoms with E-state index in [2.05, 4.69) is 5.32 Å². The molecule has 2 amide bonds. The van der Waals surface area contributed by atoms with E-state index in [1.54, 1.807) is 6.07 Å². The highest BCUT2D eigenvalue weighted by Crippen LogP contribution is 2.27. The Hall–Kier alpha value is -1.79. The van der Waals surface area contributed by atoms with E-state index in [0.29, 0.717) is 18.1 Å². The van der Waals surface area contributed by atoms with Crippen molar-refractivity contribution in [3.63, 3.8) is 0 Å². The first-order valence-electron chi connectivity index (χ1n) is 8.02. The monoisotopic (exact) mass is 353 g/mol. The van der Waals surface area contributed by atoms with E-state index in [4.69, 9.17) is 22.1 Å². The fourth-order valence-corrected chi connectivity index (χ4v) is 3.01. The summed E-state index contributed by atoms with van der Waals surface area (Å²) in [5.74, 6) is -0.0300. The van der Waals surface area contributed by atoms with Gasteiger partial charge in [0.2, 0.25) is 11.8 Å². The predicted molar refractivity (Wildman–Crippen MR) is 92.8 cm³/mol. The molecule has 1 aromatic rings. The van der Waals surface area contributed by atoms with Crippen molar-refractivity contribution in [2.24, 2.45) is 11.7 Å². The van der Waals surface area contributed by atoms with Gasteiger partial charge >= 0.3 is 0 Å². The maximum absolute atomic E-state index is 12.3. The molecule has 7 heteroatoms. The molecule has 1 aromatic carbocycles. The van der Waals surface area contributed by atoms with E-state index in [-0.39, 0.29) is 24.5 Å². The third-order valence-corrected chi connectivity index (χ3v) is 4.15. The minimum absolute atomic E-state index is 0.0580. The van der Waals surface area contributed by atoms with E-state index in [0.717, 1.165) is 11.3 Å². The second kappa shape index (κ2) is 7.85. The van der Waals surface area contributed by atoms with Gasteiger partial charge in [-0.1, -0.05) is 25.4 Å². The van der Waals surface area contributed by atoms with Crippen molar-refractivity contribution in [3.8, 4) is 5.75 Å². The van der Waals surface area contributed by atoms with Crippen molar-refractivity contribution in [1.29, 1.82) is 0 Å². The van der Waals surface area contributed by atoms with Gasteiger partial charge < -0.3 is 15.8 Å². The Kier molecular flexibility index (Phi) is 6.07. The first kappa shape index (κ1) is 18.5. The van der Waals surface area contributed by atoms with Gasteiger partial charge in [0.25, 0.3) is 0 Å². The van der Waals surface area contributed by atoms with Crippen molar-refractivity contribution < 1.29 is 14.3 Å². The Bertz CT molecular complexity index is 621. The SMILES string of the molecule is CC(C)[C@H](NC(=O)CN1Cc2cc(Cl)ccc2O[C@H](C)C1)C(N)=O. The molecule has 0 aliphatic carbocycles. The zero-order valence-corrected chi connectivity index (χ0v) is 15.0. The molecule has 6 nitrogen and oxygen atoms in total. The summed E-state index contributed by atoms with van der Waals surface area (Å²) in [4.78, 5) is 25.7. The quantitative estimate of drug-likeness (QED) is 0.841. The number of ether oxygens (including phenoxy) is 1. The Labute approximate surface area is 147 Å². The first-order chi connectivity index (χ1) is 11.3. The van der Waals surface area contributed by atoms with Gasteiger partial charge in [0, 0.05) is 23.7 Å². The Balaban J connectivity index is 2.06. The molecule has 0 unspecified atom stereocenters. The summed E-state index contributed by atoms with van der Waals surface area (Å²) in [5.41, 5.74) is 6.28. The number of hydrogen-bond acceptors (Lipinski definition) is 4. The minimum Gasteiger partial charge on any atom is -0.489 e. The molecular formula is C17H24ClN3O3. The molecule has 2 rings (SSSR count). The summed E-state index contributed by atoms with van der Waals surface area (Å²) in [6.45, 7) is 6.95. The normalized spacial score (nSPS) is 19.1. The number of carbonyl (C=O) groups excluding carboxylic acids is 2. The number of nitrogens with zero attached hydrogens (tertiary/aromatic N) is 1. The van der Waals surface area contributed by atoms with Gasteiger partial charge in [0.15, 0.2) is 0 Å². The number of amides is 2. The topological polar surface area (TPSA) is 84.7 Å². The molecule has 0 spiro atoms. The molecule has 24 heavy (non-hydrogen) atoms. The number of benzene rings is 1. The summed E-state index contributed by atoms with van der Waals surface area (Å²) < 4.78 is 5.88. The Morgan fingerprint density at radius 2 is 2.17 bits per heavy atom. The number of hydrogen-bond donors (Lipinski definition) is 2. The maximum Gasteiger partial charge on any atom is 0.240 e. The van der Waals surface area contributed by atoms with E-state index in [1.165, 1.54) is 0 Å². The summed E-state index contributed by atoms with van der Waals surface area (Å²) >= 11 is 6.05. The van der Waals surface area contributed by atoms with Gasteiger partial charge in [-0.25, -0.2) is 0 Å². The average Bonchev–Trinajstić information content (AvgIpc) is 2.61. The highest BCUT2D eigenvalue weighted by Gasteiger charge is 2.25. The number of nitrogens with one attached hydrogen (secondary N) is 1. The Morgan fingerprint density at radius 3 is 2.79 bits per heavy atom. The second-order valence-electron chi connectivity index (χ2n) is 6.54. The maximum atomic E-state index is 12.3. The minimum atomic E-state index is -0.667. The van der Waals surface area contributed by atoms with Crippen LogP contribution in [0.25, 0.3) is 0 Å². The number of nitrogens with two attached hydrogens (primary N) is 1. The predicted octanol–water partition coefficient (Wildman–Crippen LogP) is 1.55. The van der Waals surface area contributed by atoms with Crippen LogP contribution in [0.15, 0.2) is 18.2 Å². The number of carbonyl (C=O) groups is 2. The zero-order chi connectivity index (χ0) is 17.9. The highest BCUT2D eigenvalue weighted by atomic mass is 35.5. The van der Waals surface area contributed by atoms with Crippen LogP contribution >= 0.6 is 11.6 Å². The molecule has 1 aliphatic heterocycles. The summed E-state index contributed by atoms with van der Waals surface area (Å²) in [5, 5.41) is 3.34. The molecule has 1 heterocycles. The van der Waals surface area contributed by atoms with Gasteiger partial charge in [-0.15, -0.1) is 0 Å². The molecule has 1 aliphatic rings. The van der Waals surface area contributed by atoms with Gasteiger partial charge in [0.05, 0.1) is 6.54 Å². The van der Waals surface area contributed by atoms with Crippen LogP contribution in [0.1, 0.15) is 26.3 Å². The fourth-order valence-electron chi connectivity index (χ4n) is 2.82. The van der Waals surface area contributed by atoms with Crippen molar-refractivity contribution in [3.05, 3.63) is 28.8 Å². The second-order valence-corrected chi connectivity index (χ2v) is 6.98. The van der Waals surface area contributed by atoms with Crippen molar-refractivity contribution >= 4 is 23.4 Å². The Morgan fingerprint density at radius 1 is 1.46 bits per heavy atom. The molecule has 0 fully saturated rings. The number of rotatable bonds is 5. The first-order valence-corrected chi connectivity index (χ1v) is 8.40. The van der Waals surface area contributed by atoms with Crippen LogP contribution in [0.5, 0.6) is 5.75 Å². The van der Waals surface area contributed by atoms with Gasteiger partial charge in [-0.05, 0) is 31.0 Å². The van der Waals surface area contributed by atoms with Crippen LogP contribution in [0.3, 0.4) is 0 Å². The lowest BCUT2D eigenvalue weighted by atomic mass is 10.0. The fraction of sp³-hybridized carbons (Fsp3) is 0.529. The summed E-state index contributed by atoms with van der Waals surface area (Å²) in [6.07, 6.45) is -0.0581. The summed E-state index contributed by atoms with van der Waals surface area (Å²) in [6, 6.07) is 4.81. The summed E-state index contributed by atoms with van der Waals surface area (Å²) in [7, 11) is 0. The van der Waals surface area contributed by atoms with Crippen LogP contribution in [0, 0.1) is 5.92 Å². The van der Waals surface area contributed by atoms with Crippen LogP contribution in [0.4, 0.5) is 0 Å². The van der Waals surface area contributed by atoms with Crippen LogP contribution in [-0.4, -0.2) is 41.9 Å². The number of primary amides is 1. The number of halogens is 1. The van der Waals surface area contributed by atoms with Crippen molar-refractivity contribution in [2.75, 3.05) is 13.1 Å². The van der Waals surface area contributed by atoms with Crippen LogP contribution < -0.4 is 15.8 Å². The van der Waals surface area contributed by atoms with Gasteiger partial charge in [0.1, 0.15) is 17.9 Å². The molecule has 0 saturated carbocycles. The number of fused-ring (bicyclic) bond motifs is 1. The lowest BCUT2D eigenvalue weighted by molar-refractivity contribution is -0.129. The van der Waals surface area contributed by atoms with E-state index in [9.17, 15) is 9.59 Å². The lowest BCUT2D eigenvalue weighted by Gasteiger charge is -2.24. The molecule has 0 radical (unpaired) electrons. The molecule has 0 aromatic heterocycles. The lowest BCUT2D eigenvalue weighted by Crippen LogP contribution is -2.50. The van der Waals surface area contributed by atoms with Crippen molar-refractivity contribution in [2.45, 2.75) is 39.5 Å². The van der Waals surface area contributed by atoms with Gasteiger partial charge in [-0.3, -0.25) is 14.5 Å². The molecule has 0 bridgehead atoms. The third kappa shape index (κ3) is 4.85. The zero-order valence-electron chi connectivity index (χ0n) is 14.2. The van der Waals surface area contributed by atoms with Crippen LogP contribution in [0.2, 0.25) is 5.02 Å². The highest BCUT2D eigenvalue weighted by molar-refractivity contribution is 6.30. The smallest absolute Gasteiger partial charge is 0.240 e. The largest absolute Gasteiger partial charge is 0.489 e. The van der Waals surface area contributed by atoms with Crippen LogP contribution in [-0.2, 0) is 16.1 Å². The molecular weight excluding hydrogens is 330 g/mol. The van der Waals surface area contributed by atoms with Gasteiger partial charge in [-0.2, -0.15) is 0 Å². The standard InChI is InChI=1S/C17H24ClN3O3/c1-10(2)16(17(19)23)20-15(22)9-21-7-11(3)24-14-5-4-13(18)6-12(14)8-21/h4-6,10-11,16H,7-9H2,1-3H3,(H2,19,23)(H,20,22)/t11-,16+/m1/s1. The average molecular weight is 354 g/mol. The molecule has 2 atom stereocenters. The molecule has 3 N–H and O–H groups in total. The van der Waals surface area contributed by atoms with E-state index in [1.807, 2.05) is 37.8 Å². The molecule has 132 valence electrons. The third-order valence-electron chi connectivity index (χ3n) is 3.92. The van der Waals surface area contributed by atoms with E-state index < -0.39 is 11.9 Å². The van der Waals surface area contributed by atoms with E-state index >= 15 is 0 Å².